The van der Waals surface area contributed by atoms with Crippen LogP contribution < -0.4 is 0 Å². The Morgan fingerprint density at radius 2 is 0.917 bits per heavy atom. The van der Waals surface area contributed by atoms with Gasteiger partial charge in [-0.2, -0.15) is 0 Å². The van der Waals surface area contributed by atoms with Crippen LogP contribution in [0.3, 0.4) is 0 Å². The second-order valence-electron chi connectivity index (χ2n) is 10.2. The van der Waals surface area contributed by atoms with E-state index in [-0.39, 0.29) is 6.42 Å². The molecule has 5 atom stereocenters. The highest BCUT2D eigenvalue weighted by atomic mass is 16.6. The number of ether oxygens (including phenoxy) is 1. The average Bonchev–Trinajstić information content (AvgIpc) is 2.88. The fraction of sp³-hybridized carbons (Fsp3) is 0.964. The van der Waals surface area contributed by atoms with Crippen LogP contribution in [0.1, 0.15) is 135 Å². The summed E-state index contributed by atoms with van der Waals surface area (Å²) in [6.07, 6.45) is 14.4. The van der Waals surface area contributed by atoms with Gasteiger partial charge in [0.05, 0.1) is 6.61 Å². The molecule has 0 aromatic carbocycles. The Kier molecular flexibility index (Phi) is 24.0. The molecule has 0 saturated heterocycles. The van der Waals surface area contributed by atoms with Crippen molar-refractivity contribution in [2.45, 2.75) is 166 Å². The lowest BCUT2D eigenvalue weighted by Gasteiger charge is -2.28. The highest BCUT2D eigenvalue weighted by molar-refractivity contribution is 5.69. The van der Waals surface area contributed by atoms with E-state index in [0.29, 0.717) is 6.42 Å². The third-order valence-corrected chi connectivity index (χ3v) is 6.81. The number of esters is 1. The van der Waals surface area contributed by atoms with Gasteiger partial charge in [-0.1, -0.05) is 122 Å². The number of unbranched alkanes of at least 4 members (excludes halogenated alkanes) is 18. The van der Waals surface area contributed by atoms with E-state index in [4.69, 9.17) is 5.11 Å². The summed E-state index contributed by atoms with van der Waals surface area (Å²) in [6, 6.07) is 0. The minimum Gasteiger partial charge on any atom is -0.433 e. The molecule has 0 heterocycles. The summed E-state index contributed by atoms with van der Waals surface area (Å²) in [7, 11) is 0. The van der Waals surface area contributed by atoms with Crippen molar-refractivity contribution in [3.05, 3.63) is 0 Å². The molecule has 0 aromatic heterocycles. The van der Waals surface area contributed by atoms with Gasteiger partial charge in [0.15, 0.2) is 0 Å². The first-order chi connectivity index (χ1) is 17.3. The SMILES string of the molecule is CCCCCCCCCCCCCCCCCCCCCC(=O)OC(O)[C@H](O)[C@H](O)[C@H](O)[C@@H](O)CO. The number of carbonyl (C=O) groups is 1. The molecule has 0 rings (SSSR count). The largest absolute Gasteiger partial charge is 0.433 e. The van der Waals surface area contributed by atoms with Gasteiger partial charge in [0, 0.05) is 6.42 Å². The van der Waals surface area contributed by atoms with Gasteiger partial charge in [-0.3, -0.25) is 4.79 Å². The molecule has 0 aliphatic heterocycles. The predicted octanol–water partition coefficient (Wildman–Crippen LogP) is 4.11. The quantitative estimate of drug-likeness (QED) is 0.0567. The van der Waals surface area contributed by atoms with Crippen molar-refractivity contribution in [1.29, 1.82) is 0 Å². The van der Waals surface area contributed by atoms with Gasteiger partial charge in [0.25, 0.3) is 0 Å². The molecular formula is C28H56O8. The topological polar surface area (TPSA) is 148 Å². The van der Waals surface area contributed by atoms with Crippen LogP contribution in [0.25, 0.3) is 0 Å². The summed E-state index contributed by atoms with van der Waals surface area (Å²) in [5.74, 6) is -0.710. The zero-order valence-corrected chi connectivity index (χ0v) is 22.7. The van der Waals surface area contributed by atoms with Crippen LogP contribution in [-0.4, -0.2) is 73.9 Å². The number of carbonyl (C=O) groups excluding carboxylic acids is 1. The first kappa shape index (κ1) is 35.2. The summed E-state index contributed by atoms with van der Waals surface area (Å²) in [6.45, 7) is 1.43. The van der Waals surface area contributed by atoms with Crippen LogP contribution in [0.4, 0.5) is 0 Å². The van der Waals surface area contributed by atoms with Gasteiger partial charge < -0.3 is 35.4 Å². The van der Waals surface area contributed by atoms with E-state index in [9.17, 15) is 30.3 Å². The highest BCUT2D eigenvalue weighted by Crippen LogP contribution is 2.15. The normalized spacial score (nSPS) is 15.9. The molecule has 6 N–H and O–H groups in total. The second-order valence-corrected chi connectivity index (χ2v) is 10.2. The molecule has 0 bridgehead atoms. The van der Waals surface area contributed by atoms with E-state index in [1.807, 2.05) is 0 Å². The molecule has 216 valence electrons. The minimum absolute atomic E-state index is 0.0839. The molecule has 0 radical (unpaired) electrons. The smallest absolute Gasteiger partial charge is 0.308 e. The molecule has 36 heavy (non-hydrogen) atoms. The van der Waals surface area contributed by atoms with Crippen LogP contribution >= 0.6 is 0 Å². The maximum absolute atomic E-state index is 11.8. The predicted molar refractivity (Wildman–Crippen MR) is 141 cm³/mol. The Balaban J connectivity index is 3.50. The van der Waals surface area contributed by atoms with Gasteiger partial charge in [-0.25, -0.2) is 0 Å². The van der Waals surface area contributed by atoms with E-state index >= 15 is 0 Å². The van der Waals surface area contributed by atoms with Crippen LogP contribution in [0.5, 0.6) is 0 Å². The lowest BCUT2D eigenvalue weighted by atomic mass is 10.0. The zero-order chi connectivity index (χ0) is 27.0. The third-order valence-electron chi connectivity index (χ3n) is 6.81. The number of hydrogen-bond acceptors (Lipinski definition) is 8. The van der Waals surface area contributed by atoms with E-state index in [0.717, 1.165) is 19.3 Å². The van der Waals surface area contributed by atoms with E-state index in [1.54, 1.807) is 0 Å². The van der Waals surface area contributed by atoms with Crippen molar-refractivity contribution in [3.63, 3.8) is 0 Å². The molecule has 0 aliphatic rings. The first-order valence-electron chi connectivity index (χ1n) is 14.6. The van der Waals surface area contributed by atoms with E-state index in [2.05, 4.69) is 11.7 Å². The standard InChI is InChI=1S/C28H56O8/c1-2-3-4-5-6-7-8-9-10-11-12-13-14-15-16-17-18-19-20-21-24(31)36-28(35)27(34)26(33)25(32)23(30)22-29/h23,25-30,32-35H,2-22H2,1H3/t23-,25+,26+,27+,28?/m0/s1. The minimum atomic E-state index is -2.03. The molecule has 0 fully saturated rings. The Labute approximate surface area is 219 Å². The van der Waals surface area contributed by atoms with Crippen molar-refractivity contribution in [1.82, 2.24) is 0 Å². The van der Waals surface area contributed by atoms with Gasteiger partial charge in [0.1, 0.15) is 24.4 Å². The molecule has 0 aromatic rings. The first-order valence-corrected chi connectivity index (χ1v) is 14.6. The average molecular weight is 521 g/mol. The monoisotopic (exact) mass is 520 g/mol. The number of hydrogen-bond donors (Lipinski definition) is 6. The van der Waals surface area contributed by atoms with Crippen LogP contribution in [-0.2, 0) is 9.53 Å². The maximum atomic E-state index is 11.8. The van der Waals surface area contributed by atoms with Gasteiger partial charge in [-0.15, -0.1) is 0 Å². The molecule has 8 heteroatoms. The lowest BCUT2D eigenvalue weighted by molar-refractivity contribution is -0.213. The molecule has 0 saturated carbocycles. The van der Waals surface area contributed by atoms with Crippen LogP contribution in [0.2, 0.25) is 0 Å². The van der Waals surface area contributed by atoms with Crippen molar-refractivity contribution in [3.8, 4) is 0 Å². The zero-order valence-electron chi connectivity index (χ0n) is 22.7. The number of aliphatic hydroxyl groups is 6. The maximum Gasteiger partial charge on any atom is 0.308 e. The Bertz CT molecular complexity index is 490. The Hall–Kier alpha value is -0.770. The third kappa shape index (κ3) is 19.4. The van der Waals surface area contributed by atoms with E-state index < -0.39 is 43.3 Å². The number of aliphatic hydroxyl groups excluding tert-OH is 6. The molecule has 1 unspecified atom stereocenters. The summed E-state index contributed by atoms with van der Waals surface area (Å²) in [5.41, 5.74) is 0. The Morgan fingerprint density at radius 3 is 1.28 bits per heavy atom. The van der Waals surface area contributed by atoms with Crippen LogP contribution in [0.15, 0.2) is 0 Å². The summed E-state index contributed by atoms with van der Waals surface area (Å²) < 4.78 is 4.69. The molecule has 0 amide bonds. The number of rotatable bonds is 26. The van der Waals surface area contributed by atoms with Crippen molar-refractivity contribution >= 4 is 5.97 Å². The van der Waals surface area contributed by atoms with Crippen LogP contribution in [0, 0.1) is 0 Å². The van der Waals surface area contributed by atoms with E-state index in [1.165, 1.54) is 96.3 Å². The van der Waals surface area contributed by atoms with Crippen molar-refractivity contribution < 1.29 is 40.2 Å². The fourth-order valence-corrected chi connectivity index (χ4v) is 4.32. The van der Waals surface area contributed by atoms with Gasteiger partial charge in [-0.05, 0) is 6.42 Å². The molecular weight excluding hydrogens is 464 g/mol. The second kappa shape index (κ2) is 24.6. The van der Waals surface area contributed by atoms with Crippen molar-refractivity contribution in [2.75, 3.05) is 6.61 Å². The molecule has 0 aliphatic carbocycles. The van der Waals surface area contributed by atoms with Gasteiger partial charge in [0.2, 0.25) is 6.29 Å². The molecule has 0 spiro atoms. The fourth-order valence-electron chi connectivity index (χ4n) is 4.32. The van der Waals surface area contributed by atoms with Crippen molar-refractivity contribution in [2.24, 2.45) is 0 Å². The highest BCUT2D eigenvalue weighted by Gasteiger charge is 2.35. The summed E-state index contributed by atoms with van der Waals surface area (Å²) in [5, 5.41) is 56.7. The Morgan fingerprint density at radius 1 is 0.556 bits per heavy atom. The summed E-state index contributed by atoms with van der Waals surface area (Å²) >= 11 is 0. The summed E-state index contributed by atoms with van der Waals surface area (Å²) in [4.78, 5) is 11.8. The molecule has 8 nitrogen and oxygen atoms in total. The lowest BCUT2D eigenvalue weighted by Crippen LogP contribution is -2.50. The van der Waals surface area contributed by atoms with Gasteiger partial charge >= 0.3 is 5.97 Å².